The van der Waals surface area contributed by atoms with Crippen LogP contribution in [0.15, 0.2) is 139 Å². The van der Waals surface area contributed by atoms with Crippen LogP contribution >= 0.6 is 0 Å². The molecule has 1 unspecified atom stereocenters. The van der Waals surface area contributed by atoms with Gasteiger partial charge >= 0.3 is 0 Å². The molecule has 5 aromatic rings. The predicted molar refractivity (Wildman–Crippen MR) is 160 cm³/mol. The van der Waals surface area contributed by atoms with Crippen LogP contribution in [0.5, 0.6) is 5.75 Å². The van der Waals surface area contributed by atoms with Gasteiger partial charge in [0.2, 0.25) is 0 Å². The zero-order valence-electron chi connectivity index (χ0n) is 21.6. The topological polar surface area (TPSA) is 26.2 Å². The van der Waals surface area contributed by atoms with Crippen molar-refractivity contribution in [2.45, 2.75) is 25.2 Å². The first-order valence-electron chi connectivity index (χ1n) is 13.8. The molecule has 1 N–H and O–H groups in total. The highest BCUT2D eigenvalue weighted by atomic mass is 16.5. The SMILES string of the molecule is C1=C(NC2=CC=C3Oc4ccccc4C3C2)CCC(c2ccc3c(c2)c2ccccc2n3-c2ccccc2)=C1. The summed E-state index contributed by atoms with van der Waals surface area (Å²) in [7, 11) is 0. The Bertz CT molecular complexity index is 1880. The monoisotopic (exact) mass is 504 g/mol. The maximum Gasteiger partial charge on any atom is 0.130 e. The molecule has 3 heteroatoms. The molecule has 1 atom stereocenters. The van der Waals surface area contributed by atoms with Crippen molar-refractivity contribution in [3.05, 3.63) is 150 Å². The first kappa shape index (κ1) is 22.2. The second-order valence-corrected chi connectivity index (χ2v) is 10.6. The summed E-state index contributed by atoms with van der Waals surface area (Å²) in [6.45, 7) is 0. The van der Waals surface area contributed by atoms with E-state index in [1.807, 2.05) is 6.07 Å². The molecule has 0 spiro atoms. The van der Waals surface area contributed by atoms with E-state index >= 15 is 0 Å². The van der Waals surface area contributed by atoms with Crippen molar-refractivity contribution in [3.63, 3.8) is 0 Å². The van der Waals surface area contributed by atoms with Gasteiger partial charge in [0.15, 0.2) is 0 Å². The average Bonchev–Trinajstić information content (AvgIpc) is 3.53. The van der Waals surface area contributed by atoms with Crippen molar-refractivity contribution < 1.29 is 4.74 Å². The fraction of sp³-hybridized carbons (Fsp3) is 0.111. The van der Waals surface area contributed by atoms with Gasteiger partial charge in [-0.25, -0.2) is 0 Å². The molecule has 8 rings (SSSR count). The van der Waals surface area contributed by atoms with Gasteiger partial charge in [0.25, 0.3) is 0 Å². The number of nitrogens with zero attached hydrogens (tertiary/aromatic N) is 1. The third-order valence-electron chi connectivity index (χ3n) is 8.27. The number of rotatable bonds is 4. The van der Waals surface area contributed by atoms with Crippen molar-refractivity contribution >= 4 is 27.4 Å². The second-order valence-electron chi connectivity index (χ2n) is 10.6. The van der Waals surface area contributed by atoms with Gasteiger partial charge in [0, 0.05) is 39.8 Å². The zero-order valence-corrected chi connectivity index (χ0v) is 21.6. The Morgan fingerprint density at radius 1 is 0.667 bits per heavy atom. The van der Waals surface area contributed by atoms with E-state index < -0.39 is 0 Å². The van der Waals surface area contributed by atoms with Gasteiger partial charge in [-0.2, -0.15) is 0 Å². The van der Waals surface area contributed by atoms with E-state index in [0.717, 1.165) is 30.8 Å². The van der Waals surface area contributed by atoms with Gasteiger partial charge in [-0.1, -0.05) is 66.7 Å². The molecule has 2 aliphatic carbocycles. The van der Waals surface area contributed by atoms with Gasteiger partial charge in [-0.3, -0.25) is 0 Å². The highest BCUT2D eigenvalue weighted by Crippen LogP contribution is 2.45. The molecular formula is C36H28N2O. The minimum atomic E-state index is 0.314. The van der Waals surface area contributed by atoms with Crippen LogP contribution < -0.4 is 10.1 Å². The molecule has 1 aromatic heterocycles. The van der Waals surface area contributed by atoms with E-state index in [9.17, 15) is 0 Å². The van der Waals surface area contributed by atoms with Crippen molar-refractivity contribution in [2.24, 2.45) is 0 Å². The Morgan fingerprint density at radius 3 is 2.36 bits per heavy atom. The summed E-state index contributed by atoms with van der Waals surface area (Å²) in [5, 5.41) is 6.32. The molecule has 39 heavy (non-hydrogen) atoms. The number of hydrogen-bond donors (Lipinski definition) is 1. The minimum Gasteiger partial charge on any atom is -0.461 e. The molecule has 0 saturated carbocycles. The van der Waals surface area contributed by atoms with E-state index in [0.29, 0.717) is 5.92 Å². The van der Waals surface area contributed by atoms with Crippen LogP contribution in [-0.2, 0) is 0 Å². The molecule has 1 aliphatic heterocycles. The van der Waals surface area contributed by atoms with Gasteiger partial charge in [0.1, 0.15) is 11.5 Å². The fourth-order valence-corrected chi connectivity index (χ4v) is 6.35. The molecule has 0 bridgehead atoms. The number of ether oxygens (including phenoxy) is 1. The third kappa shape index (κ3) is 3.73. The molecule has 4 aromatic carbocycles. The number of benzene rings is 4. The van der Waals surface area contributed by atoms with Crippen LogP contribution in [-0.4, -0.2) is 4.57 Å². The van der Waals surface area contributed by atoms with Crippen molar-refractivity contribution in [2.75, 3.05) is 0 Å². The highest BCUT2D eigenvalue weighted by molar-refractivity contribution is 6.10. The van der Waals surface area contributed by atoms with E-state index in [-0.39, 0.29) is 0 Å². The van der Waals surface area contributed by atoms with E-state index in [4.69, 9.17) is 4.74 Å². The Labute approximate surface area is 228 Å². The number of nitrogens with one attached hydrogen (secondary N) is 1. The lowest BCUT2D eigenvalue weighted by molar-refractivity contribution is 0.421. The molecule has 2 heterocycles. The lowest BCUT2D eigenvalue weighted by Gasteiger charge is -2.22. The van der Waals surface area contributed by atoms with Crippen molar-refractivity contribution in [3.8, 4) is 11.4 Å². The molecule has 0 fully saturated rings. The van der Waals surface area contributed by atoms with Crippen LogP contribution in [0, 0.1) is 0 Å². The summed E-state index contributed by atoms with van der Waals surface area (Å²) < 4.78 is 8.43. The smallest absolute Gasteiger partial charge is 0.130 e. The van der Waals surface area contributed by atoms with Crippen LogP contribution in [0.4, 0.5) is 0 Å². The molecule has 0 radical (unpaired) electrons. The normalized spacial score (nSPS) is 18.0. The molecule has 188 valence electrons. The van der Waals surface area contributed by atoms with Gasteiger partial charge in [-0.05, 0) is 78.6 Å². The third-order valence-corrected chi connectivity index (χ3v) is 8.27. The Morgan fingerprint density at radius 2 is 1.46 bits per heavy atom. The van der Waals surface area contributed by atoms with Gasteiger partial charge in [-0.15, -0.1) is 0 Å². The lowest BCUT2D eigenvalue weighted by atomic mass is 9.90. The first-order chi connectivity index (χ1) is 19.3. The maximum absolute atomic E-state index is 6.06. The van der Waals surface area contributed by atoms with E-state index in [1.54, 1.807) is 0 Å². The summed E-state index contributed by atoms with van der Waals surface area (Å²) in [5.74, 6) is 2.37. The maximum atomic E-state index is 6.06. The van der Waals surface area contributed by atoms with Crippen LogP contribution in [0.2, 0.25) is 0 Å². The second kappa shape index (κ2) is 8.92. The molecule has 0 saturated heterocycles. The number of para-hydroxylation sites is 3. The van der Waals surface area contributed by atoms with Gasteiger partial charge in [0.05, 0.1) is 17.0 Å². The fourth-order valence-electron chi connectivity index (χ4n) is 6.35. The predicted octanol–water partition coefficient (Wildman–Crippen LogP) is 8.78. The summed E-state index contributed by atoms with van der Waals surface area (Å²) in [5.41, 5.74) is 10.2. The Balaban J connectivity index is 1.08. The largest absolute Gasteiger partial charge is 0.461 e. The Kier molecular flexibility index (Phi) is 5.09. The summed E-state index contributed by atoms with van der Waals surface area (Å²) >= 11 is 0. The summed E-state index contributed by atoms with van der Waals surface area (Å²) in [6, 6.07) is 34.7. The number of hydrogen-bond acceptors (Lipinski definition) is 2. The average molecular weight is 505 g/mol. The summed E-state index contributed by atoms with van der Waals surface area (Å²) in [6.07, 6.45) is 11.8. The van der Waals surface area contributed by atoms with E-state index in [2.05, 4.69) is 125 Å². The highest BCUT2D eigenvalue weighted by Gasteiger charge is 2.31. The first-order valence-corrected chi connectivity index (χ1v) is 13.8. The summed E-state index contributed by atoms with van der Waals surface area (Å²) in [4.78, 5) is 0. The van der Waals surface area contributed by atoms with E-state index in [1.165, 1.54) is 55.6 Å². The van der Waals surface area contributed by atoms with Crippen molar-refractivity contribution in [1.82, 2.24) is 9.88 Å². The van der Waals surface area contributed by atoms with Crippen molar-refractivity contribution in [1.29, 1.82) is 0 Å². The standard InChI is InChI=1S/C36H28N2O/c1-2-8-28(9-3-1)38-33-12-6-4-10-29(33)31-22-25(16-20-34(31)38)24-14-17-26(18-15-24)37-27-19-21-36-32(23-27)30-11-5-7-13-35(30)39-36/h1-14,16-17,19-22,32,37H,15,18,23H2. The zero-order chi connectivity index (χ0) is 25.8. The van der Waals surface area contributed by atoms with Gasteiger partial charge < -0.3 is 14.6 Å². The molecule has 3 aliphatic rings. The number of allylic oxidation sites excluding steroid dienone is 8. The van der Waals surface area contributed by atoms with Crippen LogP contribution in [0.3, 0.4) is 0 Å². The van der Waals surface area contributed by atoms with Crippen LogP contribution in [0.1, 0.15) is 36.3 Å². The van der Waals surface area contributed by atoms with Crippen LogP contribution in [0.25, 0.3) is 33.1 Å². The molecular weight excluding hydrogens is 476 g/mol. The minimum absolute atomic E-state index is 0.314. The molecule has 3 nitrogen and oxygen atoms in total. The number of fused-ring (bicyclic) bond motifs is 6. The number of aromatic nitrogens is 1. The Hall–Kier alpha value is -4.76. The lowest BCUT2D eigenvalue weighted by Crippen LogP contribution is -2.18. The molecule has 0 amide bonds. The quantitative estimate of drug-likeness (QED) is 0.265.